The van der Waals surface area contributed by atoms with Gasteiger partial charge in [0.05, 0.1) is 6.10 Å². The average Bonchev–Trinajstić information content (AvgIpc) is 2.60. The van der Waals surface area contributed by atoms with E-state index >= 15 is 0 Å². The smallest absolute Gasteiger partial charge is 0.277 e. The molecule has 0 aromatic carbocycles. The molecule has 7 heteroatoms. The predicted octanol–water partition coefficient (Wildman–Crippen LogP) is -0.211. The Bertz CT molecular complexity index is 350. The van der Waals surface area contributed by atoms with E-state index in [-0.39, 0.29) is 18.1 Å². The fourth-order valence-electron chi connectivity index (χ4n) is 1.27. The second-order valence-corrected chi connectivity index (χ2v) is 3.99. The van der Waals surface area contributed by atoms with Gasteiger partial charge in [-0.1, -0.05) is 13.8 Å². The van der Waals surface area contributed by atoms with E-state index in [9.17, 15) is 9.90 Å². The second-order valence-electron chi connectivity index (χ2n) is 3.99. The van der Waals surface area contributed by atoms with E-state index in [2.05, 4.69) is 20.3 Å². The molecular formula is C9H16N4O3. The van der Waals surface area contributed by atoms with Crippen molar-refractivity contribution in [2.75, 3.05) is 12.3 Å². The highest BCUT2D eigenvalue weighted by Gasteiger charge is 2.16. The standard InChI is InChI=1S/C9H16N4O3/c1-5(2)3-6(14)4-11-9(15)7-8(10)13-16-12-7/h5-6,14H,3-4H2,1-2H3,(H2,10,13)(H,11,15). The molecule has 0 spiro atoms. The van der Waals surface area contributed by atoms with Gasteiger partial charge in [0, 0.05) is 6.54 Å². The third-order valence-electron chi connectivity index (χ3n) is 1.97. The monoisotopic (exact) mass is 228 g/mol. The molecule has 1 unspecified atom stereocenters. The number of anilines is 1. The van der Waals surface area contributed by atoms with Crippen LogP contribution in [0.3, 0.4) is 0 Å². The van der Waals surface area contributed by atoms with Crippen molar-refractivity contribution in [2.45, 2.75) is 26.4 Å². The van der Waals surface area contributed by atoms with Crippen LogP contribution in [0.2, 0.25) is 0 Å². The van der Waals surface area contributed by atoms with Crippen molar-refractivity contribution in [1.82, 2.24) is 15.6 Å². The van der Waals surface area contributed by atoms with E-state index in [4.69, 9.17) is 5.73 Å². The van der Waals surface area contributed by atoms with Crippen molar-refractivity contribution in [1.29, 1.82) is 0 Å². The van der Waals surface area contributed by atoms with E-state index in [1.807, 2.05) is 13.8 Å². The maximum atomic E-state index is 11.5. The molecule has 1 heterocycles. The number of nitrogens with zero attached hydrogens (tertiary/aromatic N) is 2. The van der Waals surface area contributed by atoms with E-state index < -0.39 is 12.0 Å². The lowest BCUT2D eigenvalue weighted by Gasteiger charge is -2.12. The van der Waals surface area contributed by atoms with Crippen molar-refractivity contribution in [3.8, 4) is 0 Å². The van der Waals surface area contributed by atoms with Crippen LogP contribution in [-0.2, 0) is 0 Å². The molecule has 0 fully saturated rings. The summed E-state index contributed by atoms with van der Waals surface area (Å²) in [6.45, 7) is 4.14. The molecule has 0 aliphatic rings. The van der Waals surface area contributed by atoms with Crippen LogP contribution in [-0.4, -0.2) is 34.0 Å². The molecule has 1 atom stereocenters. The Morgan fingerprint density at radius 3 is 2.75 bits per heavy atom. The van der Waals surface area contributed by atoms with Gasteiger partial charge in [0.2, 0.25) is 11.5 Å². The number of hydrogen-bond acceptors (Lipinski definition) is 6. The number of aromatic nitrogens is 2. The van der Waals surface area contributed by atoms with E-state index in [0.29, 0.717) is 12.3 Å². The zero-order chi connectivity index (χ0) is 12.1. The maximum absolute atomic E-state index is 11.5. The summed E-state index contributed by atoms with van der Waals surface area (Å²) >= 11 is 0. The number of carbonyl (C=O) groups excluding carboxylic acids is 1. The molecule has 4 N–H and O–H groups in total. The summed E-state index contributed by atoms with van der Waals surface area (Å²) in [6.07, 6.45) is 0.0392. The Balaban J connectivity index is 2.39. The number of hydrogen-bond donors (Lipinski definition) is 3. The van der Waals surface area contributed by atoms with Gasteiger partial charge in [-0.25, -0.2) is 4.63 Å². The first kappa shape index (κ1) is 12.4. The van der Waals surface area contributed by atoms with Crippen LogP contribution in [0, 0.1) is 5.92 Å². The molecule has 0 saturated heterocycles. The molecule has 0 bridgehead atoms. The minimum absolute atomic E-state index is 0.0586. The molecular weight excluding hydrogens is 212 g/mol. The fraction of sp³-hybridized carbons (Fsp3) is 0.667. The molecule has 16 heavy (non-hydrogen) atoms. The van der Waals surface area contributed by atoms with Crippen LogP contribution in [0.4, 0.5) is 5.82 Å². The van der Waals surface area contributed by atoms with Crippen molar-refractivity contribution in [3.63, 3.8) is 0 Å². The summed E-state index contributed by atoms with van der Waals surface area (Å²) in [5, 5.41) is 18.7. The quantitative estimate of drug-likeness (QED) is 0.642. The minimum atomic E-state index is -0.579. The molecule has 1 aromatic rings. The molecule has 1 amide bonds. The third-order valence-corrected chi connectivity index (χ3v) is 1.97. The second kappa shape index (κ2) is 5.45. The number of carbonyl (C=O) groups is 1. The SMILES string of the molecule is CC(C)CC(O)CNC(=O)c1nonc1N. The van der Waals surface area contributed by atoms with Crippen molar-refractivity contribution in [2.24, 2.45) is 5.92 Å². The van der Waals surface area contributed by atoms with E-state index in [1.54, 1.807) is 0 Å². The number of nitrogens with one attached hydrogen (secondary N) is 1. The van der Waals surface area contributed by atoms with Gasteiger partial charge < -0.3 is 16.2 Å². The Morgan fingerprint density at radius 1 is 1.56 bits per heavy atom. The van der Waals surface area contributed by atoms with Gasteiger partial charge in [-0.05, 0) is 22.7 Å². The number of aliphatic hydroxyl groups is 1. The molecule has 1 rings (SSSR count). The first-order valence-electron chi connectivity index (χ1n) is 5.05. The Kier molecular flexibility index (Phi) is 4.24. The minimum Gasteiger partial charge on any atom is -0.391 e. The molecule has 7 nitrogen and oxygen atoms in total. The van der Waals surface area contributed by atoms with Crippen LogP contribution in [0.1, 0.15) is 30.8 Å². The predicted molar refractivity (Wildman–Crippen MR) is 56.5 cm³/mol. The molecule has 0 aliphatic heterocycles. The maximum Gasteiger partial charge on any atom is 0.277 e. The van der Waals surface area contributed by atoms with Crippen molar-refractivity contribution >= 4 is 11.7 Å². The van der Waals surface area contributed by atoms with Gasteiger partial charge in [0.1, 0.15) is 0 Å². The topological polar surface area (TPSA) is 114 Å². The number of amides is 1. The van der Waals surface area contributed by atoms with Gasteiger partial charge in [-0.2, -0.15) is 0 Å². The number of nitrogens with two attached hydrogens (primary N) is 1. The van der Waals surface area contributed by atoms with Gasteiger partial charge >= 0.3 is 0 Å². The highest BCUT2D eigenvalue weighted by atomic mass is 16.6. The molecule has 90 valence electrons. The van der Waals surface area contributed by atoms with Gasteiger partial charge in [-0.3, -0.25) is 4.79 Å². The van der Waals surface area contributed by atoms with Crippen LogP contribution >= 0.6 is 0 Å². The van der Waals surface area contributed by atoms with Crippen LogP contribution < -0.4 is 11.1 Å². The Hall–Kier alpha value is -1.63. The van der Waals surface area contributed by atoms with Crippen molar-refractivity contribution in [3.05, 3.63) is 5.69 Å². The van der Waals surface area contributed by atoms with Crippen LogP contribution in [0.25, 0.3) is 0 Å². The van der Waals surface area contributed by atoms with Gasteiger partial charge in [0.25, 0.3) is 5.91 Å². The number of nitrogen functional groups attached to an aromatic ring is 1. The summed E-state index contributed by atoms with van der Waals surface area (Å²) in [6, 6.07) is 0. The summed E-state index contributed by atoms with van der Waals surface area (Å²) in [7, 11) is 0. The normalized spacial score (nSPS) is 12.8. The Labute approximate surface area is 93.0 Å². The molecule has 1 aromatic heterocycles. The summed E-state index contributed by atoms with van der Waals surface area (Å²) in [5.41, 5.74) is 5.28. The number of aliphatic hydroxyl groups excluding tert-OH is 1. The first-order valence-corrected chi connectivity index (χ1v) is 5.05. The lowest BCUT2D eigenvalue weighted by atomic mass is 10.1. The zero-order valence-electron chi connectivity index (χ0n) is 9.30. The average molecular weight is 228 g/mol. The third kappa shape index (κ3) is 3.50. The van der Waals surface area contributed by atoms with E-state index in [1.165, 1.54) is 0 Å². The first-order chi connectivity index (χ1) is 7.50. The molecule has 0 aliphatic carbocycles. The molecule has 0 radical (unpaired) electrons. The lowest BCUT2D eigenvalue weighted by molar-refractivity contribution is 0.0891. The summed E-state index contributed by atoms with van der Waals surface area (Å²) < 4.78 is 4.29. The largest absolute Gasteiger partial charge is 0.391 e. The summed E-state index contributed by atoms with van der Waals surface area (Å²) in [5.74, 6) is -0.192. The van der Waals surface area contributed by atoms with Crippen molar-refractivity contribution < 1.29 is 14.5 Å². The van der Waals surface area contributed by atoms with Crippen LogP contribution in [0.15, 0.2) is 4.63 Å². The highest BCUT2D eigenvalue weighted by molar-refractivity contribution is 5.95. The summed E-state index contributed by atoms with van der Waals surface area (Å²) in [4.78, 5) is 11.5. The van der Waals surface area contributed by atoms with Crippen LogP contribution in [0.5, 0.6) is 0 Å². The highest BCUT2D eigenvalue weighted by Crippen LogP contribution is 2.05. The Morgan fingerprint density at radius 2 is 2.25 bits per heavy atom. The van der Waals surface area contributed by atoms with E-state index in [0.717, 1.165) is 0 Å². The van der Waals surface area contributed by atoms with Gasteiger partial charge in [0.15, 0.2) is 0 Å². The fourth-order valence-corrected chi connectivity index (χ4v) is 1.27. The molecule has 0 saturated carbocycles. The van der Waals surface area contributed by atoms with Gasteiger partial charge in [-0.15, -0.1) is 0 Å². The number of rotatable bonds is 5. The lowest BCUT2D eigenvalue weighted by Crippen LogP contribution is -2.33. The zero-order valence-corrected chi connectivity index (χ0v) is 9.30.